The highest BCUT2D eigenvalue weighted by Gasteiger charge is 2.26. The normalized spacial score (nSPS) is 20.5. The Kier molecular flexibility index (Phi) is 5.20. The lowest BCUT2D eigenvalue weighted by Crippen LogP contribution is -2.46. The van der Waals surface area contributed by atoms with Gasteiger partial charge in [-0.25, -0.2) is 9.97 Å². The van der Waals surface area contributed by atoms with E-state index in [0.29, 0.717) is 18.6 Å². The van der Waals surface area contributed by atoms with E-state index in [-0.39, 0.29) is 5.91 Å². The molecule has 2 fully saturated rings. The average molecular weight is 355 g/mol. The van der Waals surface area contributed by atoms with Gasteiger partial charge < -0.3 is 9.47 Å². The molecule has 140 valence electrons. The van der Waals surface area contributed by atoms with Crippen molar-refractivity contribution in [2.45, 2.75) is 57.0 Å². The highest BCUT2D eigenvalue weighted by atomic mass is 16.2. The minimum atomic E-state index is 0.282. The molecule has 2 aromatic heterocycles. The maximum absolute atomic E-state index is 12.7. The molecule has 1 saturated carbocycles. The number of carbonyl (C=O) groups is 1. The van der Waals surface area contributed by atoms with E-state index >= 15 is 0 Å². The lowest BCUT2D eigenvalue weighted by Gasteiger charge is -2.35. The fraction of sp³-hybridized carbons (Fsp3) is 0.650. The third kappa shape index (κ3) is 3.61. The monoisotopic (exact) mass is 355 g/mol. The number of hydrogen-bond acceptors (Lipinski definition) is 4. The molecule has 0 radical (unpaired) electrons. The van der Waals surface area contributed by atoms with Crippen LogP contribution in [0.3, 0.4) is 0 Å². The zero-order chi connectivity index (χ0) is 17.9. The summed E-state index contributed by atoms with van der Waals surface area (Å²) in [5.41, 5.74) is 1.93. The van der Waals surface area contributed by atoms with Gasteiger partial charge in [-0.1, -0.05) is 19.3 Å². The maximum Gasteiger partial charge on any atom is 0.236 e. The number of nitrogens with zero attached hydrogens (tertiary/aromatic N) is 5. The average Bonchev–Trinajstić information content (AvgIpc) is 3.13. The first-order valence-electron chi connectivity index (χ1n) is 9.98. The maximum atomic E-state index is 12.7. The van der Waals surface area contributed by atoms with Crippen LogP contribution in [0.4, 0.5) is 0 Å². The van der Waals surface area contributed by atoms with Gasteiger partial charge >= 0.3 is 0 Å². The van der Waals surface area contributed by atoms with Gasteiger partial charge in [-0.3, -0.25) is 9.69 Å². The van der Waals surface area contributed by atoms with Crippen LogP contribution >= 0.6 is 0 Å². The van der Waals surface area contributed by atoms with Gasteiger partial charge in [0.05, 0.1) is 12.9 Å². The fourth-order valence-electron chi connectivity index (χ4n) is 4.46. The Morgan fingerprint density at radius 3 is 2.69 bits per heavy atom. The smallest absolute Gasteiger partial charge is 0.236 e. The molecule has 0 N–H and O–H groups in total. The van der Waals surface area contributed by atoms with Crippen molar-refractivity contribution < 1.29 is 4.79 Å². The molecule has 3 heterocycles. The molecule has 26 heavy (non-hydrogen) atoms. The number of carbonyl (C=O) groups excluding carboxylic acids is 1. The molecule has 1 aliphatic heterocycles. The number of rotatable bonds is 4. The van der Waals surface area contributed by atoms with E-state index in [1.165, 1.54) is 32.1 Å². The highest BCUT2D eigenvalue weighted by Crippen LogP contribution is 2.26. The van der Waals surface area contributed by atoms with Crippen LogP contribution in [-0.4, -0.2) is 63.0 Å². The zero-order valence-electron chi connectivity index (χ0n) is 15.7. The van der Waals surface area contributed by atoms with Crippen LogP contribution in [0.1, 0.15) is 51.0 Å². The summed E-state index contributed by atoms with van der Waals surface area (Å²) < 4.78 is 2.21. The van der Waals surface area contributed by atoms with Crippen molar-refractivity contribution >= 4 is 17.1 Å². The summed E-state index contributed by atoms with van der Waals surface area (Å²) in [5, 5.41) is 0. The van der Waals surface area contributed by atoms with Crippen molar-refractivity contribution in [2.75, 3.05) is 26.7 Å². The number of piperidine rings is 1. The third-order valence-electron chi connectivity index (χ3n) is 6.16. The molecular formula is C20H29N5O. The molecule has 0 bridgehead atoms. The van der Waals surface area contributed by atoms with Crippen molar-refractivity contribution in [3.63, 3.8) is 0 Å². The van der Waals surface area contributed by atoms with Crippen LogP contribution in [-0.2, 0) is 4.79 Å². The Bertz CT molecular complexity index is 743. The fourth-order valence-corrected chi connectivity index (χ4v) is 4.46. The summed E-state index contributed by atoms with van der Waals surface area (Å²) in [6, 6.07) is 4.82. The van der Waals surface area contributed by atoms with E-state index in [1.54, 1.807) is 0 Å². The second kappa shape index (κ2) is 7.74. The van der Waals surface area contributed by atoms with Crippen molar-refractivity contribution in [1.29, 1.82) is 0 Å². The Hall–Kier alpha value is -1.95. The van der Waals surface area contributed by atoms with Crippen LogP contribution in [0.25, 0.3) is 11.2 Å². The zero-order valence-corrected chi connectivity index (χ0v) is 15.7. The summed E-state index contributed by atoms with van der Waals surface area (Å²) in [6.07, 6.45) is 12.0. The minimum Gasteiger partial charge on any atom is -0.342 e. The van der Waals surface area contributed by atoms with Crippen LogP contribution in [0.15, 0.2) is 24.7 Å². The van der Waals surface area contributed by atoms with Gasteiger partial charge in [-0.2, -0.15) is 0 Å². The van der Waals surface area contributed by atoms with Crippen LogP contribution in [0.5, 0.6) is 0 Å². The van der Waals surface area contributed by atoms with Gasteiger partial charge in [-0.15, -0.1) is 0 Å². The number of fused-ring (bicyclic) bond motifs is 1. The van der Waals surface area contributed by atoms with E-state index in [1.807, 2.05) is 36.6 Å². The van der Waals surface area contributed by atoms with Gasteiger partial charge in [0.2, 0.25) is 5.91 Å². The lowest BCUT2D eigenvalue weighted by molar-refractivity contribution is -0.134. The first-order valence-corrected chi connectivity index (χ1v) is 9.98. The van der Waals surface area contributed by atoms with Crippen LogP contribution in [0.2, 0.25) is 0 Å². The lowest BCUT2D eigenvalue weighted by atomic mass is 9.94. The molecule has 0 aromatic carbocycles. The summed E-state index contributed by atoms with van der Waals surface area (Å²) in [6.45, 7) is 2.48. The molecule has 4 rings (SSSR count). The number of imidazole rings is 1. The SMILES string of the molecule is CN(C(=O)CN1CCC(n2cnc3cccnc32)CC1)C1CCCCC1. The van der Waals surface area contributed by atoms with Crippen molar-refractivity contribution in [3.8, 4) is 0 Å². The first kappa shape index (κ1) is 17.5. The third-order valence-corrected chi connectivity index (χ3v) is 6.16. The minimum absolute atomic E-state index is 0.282. The van der Waals surface area contributed by atoms with Gasteiger partial charge in [0.1, 0.15) is 5.52 Å². The number of likely N-dealkylation sites (N-methyl/N-ethyl adjacent to an activating group) is 1. The predicted molar refractivity (Wildman–Crippen MR) is 102 cm³/mol. The molecule has 0 unspecified atom stereocenters. The second-order valence-electron chi connectivity index (χ2n) is 7.80. The summed E-state index contributed by atoms with van der Waals surface area (Å²) in [7, 11) is 1.99. The van der Waals surface area contributed by atoms with Gasteiger partial charge in [-0.05, 0) is 37.8 Å². The van der Waals surface area contributed by atoms with E-state index in [9.17, 15) is 4.79 Å². The second-order valence-corrected chi connectivity index (χ2v) is 7.80. The van der Waals surface area contributed by atoms with Crippen LogP contribution < -0.4 is 0 Å². The number of hydrogen-bond donors (Lipinski definition) is 0. The standard InChI is InChI=1S/C20H29N5O/c1-23(16-6-3-2-4-7-16)19(26)14-24-12-9-17(10-13-24)25-15-22-18-8-5-11-21-20(18)25/h5,8,11,15-17H,2-4,6-7,9-10,12-14H2,1H3. The largest absolute Gasteiger partial charge is 0.342 e. The summed E-state index contributed by atoms with van der Waals surface area (Å²) in [5.74, 6) is 0.282. The van der Waals surface area contributed by atoms with Crippen molar-refractivity contribution in [3.05, 3.63) is 24.7 Å². The van der Waals surface area contributed by atoms with Gasteiger partial charge in [0.15, 0.2) is 5.65 Å². The van der Waals surface area contributed by atoms with E-state index in [4.69, 9.17) is 0 Å². The molecule has 2 aromatic rings. The Balaban J connectivity index is 1.31. The molecule has 2 aliphatic rings. The summed E-state index contributed by atoms with van der Waals surface area (Å²) >= 11 is 0. The number of amides is 1. The number of pyridine rings is 1. The molecular weight excluding hydrogens is 326 g/mol. The number of likely N-dealkylation sites (tertiary alicyclic amines) is 1. The van der Waals surface area contributed by atoms with Gasteiger partial charge in [0.25, 0.3) is 0 Å². The molecule has 0 atom stereocenters. The number of aromatic nitrogens is 3. The molecule has 1 aliphatic carbocycles. The molecule has 1 saturated heterocycles. The Morgan fingerprint density at radius 2 is 1.92 bits per heavy atom. The van der Waals surface area contributed by atoms with Gasteiger partial charge in [0, 0.05) is 38.4 Å². The Morgan fingerprint density at radius 1 is 1.15 bits per heavy atom. The summed E-state index contributed by atoms with van der Waals surface area (Å²) in [4.78, 5) is 25.9. The highest BCUT2D eigenvalue weighted by molar-refractivity contribution is 5.78. The van der Waals surface area contributed by atoms with Crippen LogP contribution in [0, 0.1) is 0 Å². The van der Waals surface area contributed by atoms with E-state index < -0.39 is 0 Å². The quantitative estimate of drug-likeness (QED) is 0.846. The topological polar surface area (TPSA) is 54.3 Å². The van der Waals surface area contributed by atoms with Crippen molar-refractivity contribution in [2.24, 2.45) is 0 Å². The molecule has 1 amide bonds. The molecule has 6 heteroatoms. The van der Waals surface area contributed by atoms with Crippen molar-refractivity contribution in [1.82, 2.24) is 24.3 Å². The Labute approximate surface area is 155 Å². The van der Waals surface area contributed by atoms with E-state index in [0.717, 1.165) is 37.1 Å². The predicted octanol–water partition coefficient (Wildman–Crippen LogP) is 2.86. The first-order chi connectivity index (χ1) is 12.7. The molecule has 6 nitrogen and oxygen atoms in total. The molecule has 0 spiro atoms. The van der Waals surface area contributed by atoms with E-state index in [2.05, 4.69) is 19.4 Å².